The summed E-state index contributed by atoms with van der Waals surface area (Å²) in [4.78, 5) is 25.4. The van der Waals surface area contributed by atoms with Crippen molar-refractivity contribution in [2.24, 2.45) is 5.92 Å². The van der Waals surface area contributed by atoms with Crippen LogP contribution in [0.15, 0.2) is 16.3 Å². The summed E-state index contributed by atoms with van der Waals surface area (Å²) >= 11 is 1.15. The number of hydrogen-bond acceptors (Lipinski definition) is 5. The van der Waals surface area contributed by atoms with Crippen LogP contribution < -0.4 is 5.32 Å². The van der Waals surface area contributed by atoms with E-state index in [1.54, 1.807) is 26.2 Å². The summed E-state index contributed by atoms with van der Waals surface area (Å²) in [6, 6.07) is 3.27. The molecule has 7 nitrogen and oxygen atoms in total. The van der Waals surface area contributed by atoms with Crippen LogP contribution >= 0.6 is 11.3 Å². The van der Waals surface area contributed by atoms with E-state index < -0.39 is 10.0 Å². The number of sulfonamides is 1. The number of hydrogen-bond donors (Lipinski definition) is 1. The average Bonchev–Trinajstić information content (AvgIpc) is 3.02. The summed E-state index contributed by atoms with van der Waals surface area (Å²) in [7, 11) is -0.236. The van der Waals surface area contributed by atoms with Crippen molar-refractivity contribution in [3.05, 3.63) is 17.0 Å². The molecule has 1 atom stereocenters. The van der Waals surface area contributed by atoms with Gasteiger partial charge in [-0.05, 0) is 25.0 Å². The minimum absolute atomic E-state index is 0.0348. The minimum atomic E-state index is -3.60. The van der Waals surface area contributed by atoms with Gasteiger partial charge in [-0.3, -0.25) is 9.59 Å². The van der Waals surface area contributed by atoms with Crippen LogP contribution in [0.5, 0.6) is 0 Å². The van der Waals surface area contributed by atoms with E-state index in [9.17, 15) is 18.0 Å². The normalized spacial score (nSPS) is 19.0. The van der Waals surface area contributed by atoms with Gasteiger partial charge in [0.05, 0.1) is 12.5 Å². The molecule has 1 N–H and O–H groups in total. The third-order valence-corrected chi connectivity index (χ3v) is 7.33. The lowest BCUT2D eigenvalue weighted by atomic mass is 9.98. The van der Waals surface area contributed by atoms with Crippen LogP contribution in [-0.2, 0) is 26.2 Å². The Morgan fingerprint density at radius 1 is 1.38 bits per heavy atom. The number of rotatable bonds is 5. The molecule has 1 fully saturated rings. The van der Waals surface area contributed by atoms with Gasteiger partial charge in [-0.1, -0.05) is 0 Å². The van der Waals surface area contributed by atoms with Crippen LogP contribution in [0.4, 0.5) is 0 Å². The number of piperidine rings is 1. The van der Waals surface area contributed by atoms with Crippen LogP contribution in [0, 0.1) is 5.92 Å². The Labute approximate surface area is 146 Å². The molecule has 2 rings (SSSR count). The number of thiophene rings is 1. The predicted octanol–water partition coefficient (Wildman–Crippen LogP) is 0.873. The summed E-state index contributed by atoms with van der Waals surface area (Å²) in [5.41, 5.74) is 0. The van der Waals surface area contributed by atoms with Gasteiger partial charge in [0.15, 0.2) is 0 Å². The first kappa shape index (κ1) is 18.9. The molecule has 0 aromatic carbocycles. The molecule has 134 valence electrons. The molecule has 0 radical (unpaired) electrons. The van der Waals surface area contributed by atoms with Gasteiger partial charge in [0.2, 0.25) is 11.8 Å². The third-order valence-electron chi connectivity index (χ3n) is 3.92. The smallest absolute Gasteiger partial charge is 0.252 e. The van der Waals surface area contributed by atoms with Crippen LogP contribution in [0.2, 0.25) is 0 Å². The molecule has 1 saturated heterocycles. The second-order valence-electron chi connectivity index (χ2n) is 6.07. The predicted molar refractivity (Wildman–Crippen MR) is 92.0 cm³/mol. The molecule has 0 saturated carbocycles. The van der Waals surface area contributed by atoms with Crippen molar-refractivity contribution in [1.29, 1.82) is 0 Å². The Hall–Kier alpha value is -1.45. The Morgan fingerprint density at radius 2 is 2.08 bits per heavy atom. The number of nitrogens with one attached hydrogen (secondary N) is 1. The highest BCUT2D eigenvalue weighted by molar-refractivity contribution is 7.91. The van der Waals surface area contributed by atoms with Gasteiger partial charge < -0.3 is 10.2 Å². The summed E-state index contributed by atoms with van der Waals surface area (Å²) in [6.07, 6.45) is 1.38. The summed E-state index contributed by atoms with van der Waals surface area (Å²) in [5.74, 6) is -0.483. The SMILES string of the molecule is CC(=O)NCc1ccc(S(=O)(=O)N2CCC[C@H](C(=O)N(C)C)C2)s1. The fraction of sp³-hybridized carbons (Fsp3) is 0.600. The molecule has 1 aliphatic heterocycles. The number of carbonyl (C=O) groups excluding carboxylic acids is 2. The van der Waals surface area contributed by atoms with Gasteiger partial charge in [-0.25, -0.2) is 8.42 Å². The van der Waals surface area contributed by atoms with Crippen molar-refractivity contribution < 1.29 is 18.0 Å². The van der Waals surface area contributed by atoms with Gasteiger partial charge in [-0.15, -0.1) is 11.3 Å². The lowest BCUT2D eigenvalue weighted by Crippen LogP contribution is -2.44. The highest BCUT2D eigenvalue weighted by Crippen LogP contribution is 2.29. The molecule has 9 heteroatoms. The molecule has 0 unspecified atom stereocenters. The Kier molecular flexibility index (Phi) is 6.00. The average molecular weight is 374 g/mol. The molecular formula is C15H23N3O4S2. The number of amides is 2. The van der Waals surface area contributed by atoms with E-state index in [4.69, 9.17) is 0 Å². The van der Waals surface area contributed by atoms with Crippen molar-refractivity contribution in [2.45, 2.75) is 30.5 Å². The van der Waals surface area contributed by atoms with E-state index in [2.05, 4.69) is 5.32 Å². The first-order valence-corrected chi connectivity index (χ1v) is 10.0. The molecule has 1 aromatic heterocycles. The molecule has 0 aliphatic carbocycles. The second-order valence-corrected chi connectivity index (χ2v) is 9.40. The fourth-order valence-corrected chi connectivity index (χ4v) is 5.63. The minimum Gasteiger partial charge on any atom is -0.351 e. The van der Waals surface area contributed by atoms with Crippen molar-refractivity contribution in [3.63, 3.8) is 0 Å². The second kappa shape index (κ2) is 7.62. The van der Waals surface area contributed by atoms with Gasteiger partial charge in [0, 0.05) is 39.0 Å². The summed E-state index contributed by atoms with van der Waals surface area (Å²) in [6.45, 7) is 2.38. The topological polar surface area (TPSA) is 86.8 Å². The first-order valence-electron chi connectivity index (χ1n) is 7.76. The monoisotopic (exact) mass is 373 g/mol. The lowest BCUT2D eigenvalue weighted by Gasteiger charge is -2.32. The van der Waals surface area contributed by atoms with Crippen LogP contribution in [0.25, 0.3) is 0 Å². The standard InChI is InChI=1S/C15H23N3O4S2/c1-11(19)16-9-13-6-7-14(23-13)24(21,22)18-8-4-5-12(10-18)15(20)17(2)3/h6-7,12H,4-5,8-10H2,1-3H3,(H,16,19)/t12-/m0/s1. The van der Waals surface area contributed by atoms with Gasteiger partial charge in [0.25, 0.3) is 10.0 Å². The summed E-state index contributed by atoms with van der Waals surface area (Å²) < 4.78 is 27.3. The molecule has 2 amide bonds. The van der Waals surface area contributed by atoms with E-state index in [0.717, 1.165) is 16.2 Å². The van der Waals surface area contributed by atoms with Gasteiger partial charge in [-0.2, -0.15) is 4.31 Å². The molecule has 1 aliphatic rings. The quantitative estimate of drug-likeness (QED) is 0.830. The summed E-state index contributed by atoms with van der Waals surface area (Å²) in [5, 5.41) is 2.65. The molecule has 1 aromatic rings. The van der Waals surface area contributed by atoms with Crippen LogP contribution in [0.1, 0.15) is 24.6 Å². The Balaban J connectivity index is 2.12. The highest BCUT2D eigenvalue weighted by atomic mass is 32.2. The number of carbonyl (C=O) groups is 2. The fourth-order valence-electron chi connectivity index (χ4n) is 2.66. The zero-order chi connectivity index (χ0) is 17.9. The Bertz CT molecular complexity index is 712. The van der Waals surface area contributed by atoms with E-state index in [0.29, 0.717) is 25.9 Å². The highest BCUT2D eigenvalue weighted by Gasteiger charge is 2.34. The zero-order valence-corrected chi connectivity index (χ0v) is 15.7. The number of nitrogens with zero attached hydrogens (tertiary/aromatic N) is 2. The van der Waals surface area contributed by atoms with Crippen molar-refractivity contribution in [2.75, 3.05) is 27.2 Å². The Morgan fingerprint density at radius 3 is 2.71 bits per heavy atom. The molecule has 2 heterocycles. The molecule has 24 heavy (non-hydrogen) atoms. The van der Waals surface area contributed by atoms with Crippen LogP contribution in [-0.4, -0.2) is 56.6 Å². The maximum Gasteiger partial charge on any atom is 0.252 e. The third kappa shape index (κ3) is 4.34. The molecule has 0 spiro atoms. The lowest BCUT2D eigenvalue weighted by molar-refractivity contribution is -0.134. The van der Waals surface area contributed by atoms with Crippen molar-refractivity contribution >= 4 is 33.2 Å². The van der Waals surface area contributed by atoms with Crippen molar-refractivity contribution in [3.8, 4) is 0 Å². The van der Waals surface area contributed by atoms with Crippen molar-refractivity contribution in [1.82, 2.24) is 14.5 Å². The van der Waals surface area contributed by atoms with Crippen LogP contribution in [0.3, 0.4) is 0 Å². The van der Waals surface area contributed by atoms with E-state index in [1.165, 1.54) is 16.1 Å². The van der Waals surface area contributed by atoms with E-state index in [1.807, 2.05) is 0 Å². The maximum atomic E-state index is 12.8. The zero-order valence-electron chi connectivity index (χ0n) is 14.1. The van der Waals surface area contributed by atoms with Gasteiger partial charge >= 0.3 is 0 Å². The molecule has 0 bridgehead atoms. The van der Waals surface area contributed by atoms with Gasteiger partial charge in [0.1, 0.15) is 4.21 Å². The van der Waals surface area contributed by atoms with E-state index >= 15 is 0 Å². The maximum absolute atomic E-state index is 12.8. The largest absolute Gasteiger partial charge is 0.351 e. The first-order chi connectivity index (χ1) is 11.2. The molecular weight excluding hydrogens is 350 g/mol. The van der Waals surface area contributed by atoms with E-state index in [-0.39, 0.29) is 28.5 Å².